The monoisotopic (exact) mass is 438 g/mol. The number of carbonyl (C=O) groups is 2. The highest BCUT2D eigenvalue weighted by Gasteiger charge is 2.16. The molecular weight excluding hydrogens is 416 g/mol. The van der Waals surface area contributed by atoms with E-state index in [1.165, 1.54) is 0 Å². The first-order valence-corrected chi connectivity index (χ1v) is 10.1. The molecule has 1 atom stereocenters. The summed E-state index contributed by atoms with van der Waals surface area (Å²) in [5.41, 5.74) is 2.11. The summed E-state index contributed by atoms with van der Waals surface area (Å²) in [7, 11) is 1.60. The third-order valence-corrected chi connectivity index (χ3v) is 4.78. The van der Waals surface area contributed by atoms with Gasteiger partial charge in [0.05, 0.1) is 18.6 Å². The quantitative estimate of drug-likeness (QED) is 0.522. The molecule has 1 unspecified atom stereocenters. The highest BCUT2D eigenvalue weighted by Crippen LogP contribution is 2.24. The minimum atomic E-state index is -0.733. The van der Waals surface area contributed by atoms with Crippen molar-refractivity contribution < 1.29 is 19.1 Å². The van der Waals surface area contributed by atoms with Crippen molar-refractivity contribution in [2.24, 2.45) is 0 Å². The summed E-state index contributed by atoms with van der Waals surface area (Å²) in [4.78, 5) is 24.6. The Morgan fingerprint density at radius 1 is 0.903 bits per heavy atom. The molecular formula is C24H23ClN2O4. The van der Waals surface area contributed by atoms with Gasteiger partial charge >= 0.3 is 0 Å². The standard InChI is InChI=1S/C24H23ClN2O4/c1-16(31-22-6-4-3-5-21(22)25)24(29)27-19-11-9-18(10-12-19)26-23(28)15-17-7-13-20(30-2)14-8-17/h3-14,16H,15H2,1-2H3,(H,26,28)(H,27,29). The average Bonchev–Trinajstić information content (AvgIpc) is 2.77. The zero-order valence-corrected chi connectivity index (χ0v) is 18.0. The lowest BCUT2D eigenvalue weighted by Gasteiger charge is -2.15. The van der Waals surface area contributed by atoms with E-state index in [2.05, 4.69) is 10.6 Å². The molecule has 0 aliphatic carbocycles. The normalized spacial score (nSPS) is 11.3. The van der Waals surface area contributed by atoms with Crippen LogP contribution in [0.1, 0.15) is 12.5 Å². The average molecular weight is 439 g/mol. The second kappa shape index (κ2) is 10.5. The fourth-order valence-corrected chi connectivity index (χ4v) is 2.98. The van der Waals surface area contributed by atoms with Gasteiger partial charge in [0, 0.05) is 11.4 Å². The molecule has 0 heterocycles. The van der Waals surface area contributed by atoms with Gasteiger partial charge in [-0.2, -0.15) is 0 Å². The number of para-hydroxylation sites is 1. The third kappa shape index (κ3) is 6.49. The highest BCUT2D eigenvalue weighted by molar-refractivity contribution is 6.32. The molecule has 0 aliphatic rings. The molecule has 160 valence electrons. The van der Waals surface area contributed by atoms with Crippen LogP contribution in [0.15, 0.2) is 72.8 Å². The van der Waals surface area contributed by atoms with Gasteiger partial charge in [-0.3, -0.25) is 9.59 Å². The van der Waals surface area contributed by atoms with Crippen LogP contribution in [0, 0.1) is 0 Å². The lowest BCUT2D eigenvalue weighted by molar-refractivity contribution is -0.122. The molecule has 2 amide bonds. The van der Waals surface area contributed by atoms with Crippen LogP contribution in [0.25, 0.3) is 0 Å². The Hall–Kier alpha value is -3.51. The Bertz CT molecular complexity index is 1040. The molecule has 2 N–H and O–H groups in total. The lowest BCUT2D eigenvalue weighted by Crippen LogP contribution is -2.30. The van der Waals surface area contributed by atoms with E-state index in [-0.39, 0.29) is 18.2 Å². The number of benzene rings is 3. The first kappa shape index (κ1) is 22.2. The Labute approximate surface area is 186 Å². The predicted molar refractivity (Wildman–Crippen MR) is 122 cm³/mol. The van der Waals surface area contributed by atoms with Gasteiger partial charge < -0.3 is 20.1 Å². The van der Waals surface area contributed by atoms with Gasteiger partial charge in [0.2, 0.25) is 5.91 Å². The molecule has 0 fully saturated rings. The maximum absolute atomic E-state index is 12.4. The fourth-order valence-electron chi connectivity index (χ4n) is 2.80. The minimum Gasteiger partial charge on any atom is -0.497 e. The summed E-state index contributed by atoms with van der Waals surface area (Å²) in [6, 6.07) is 21.2. The Kier molecular flexibility index (Phi) is 7.51. The van der Waals surface area contributed by atoms with Gasteiger partial charge in [-0.1, -0.05) is 35.9 Å². The minimum absolute atomic E-state index is 0.135. The van der Waals surface area contributed by atoms with E-state index in [0.717, 1.165) is 11.3 Å². The number of anilines is 2. The molecule has 7 heteroatoms. The summed E-state index contributed by atoms with van der Waals surface area (Å²) in [6.07, 6.45) is -0.483. The van der Waals surface area contributed by atoms with Crippen molar-refractivity contribution in [3.8, 4) is 11.5 Å². The van der Waals surface area contributed by atoms with Gasteiger partial charge in [0.15, 0.2) is 6.10 Å². The van der Waals surface area contributed by atoms with Gasteiger partial charge in [-0.05, 0) is 61.0 Å². The van der Waals surface area contributed by atoms with Crippen molar-refractivity contribution in [2.75, 3.05) is 17.7 Å². The number of methoxy groups -OCH3 is 1. The van der Waals surface area contributed by atoms with Crippen molar-refractivity contribution >= 4 is 34.8 Å². The topological polar surface area (TPSA) is 76.7 Å². The number of nitrogens with one attached hydrogen (secondary N) is 2. The maximum atomic E-state index is 12.4. The number of amides is 2. The Morgan fingerprint density at radius 3 is 2.13 bits per heavy atom. The van der Waals surface area contributed by atoms with Crippen molar-refractivity contribution in [3.05, 3.63) is 83.4 Å². The van der Waals surface area contributed by atoms with Crippen LogP contribution < -0.4 is 20.1 Å². The van der Waals surface area contributed by atoms with Crippen LogP contribution in [-0.4, -0.2) is 25.0 Å². The molecule has 0 spiro atoms. The molecule has 3 rings (SSSR count). The summed E-state index contributed by atoms with van der Waals surface area (Å²) in [5.74, 6) is 0.745. The van der Waals surface area contributed by atoms with Crippen molar-refractivity contribution in [2.45, 2.75) is 19.4 Å². The van der Waals surface area contributed by atoms with Crippen LogP contribution in [0.3, 0.4) is 0 Å². The van der Waals surface area contributed by atoms with Crippen molar-refractivity contribution in [1.29, 1.82) is 0 Å². The summed E-state index contributed by atoms with van der Waals surface area (Å²) >= 11 is 6.06. The Morgan fingerprint density at radius 2 is 1.52 bits per heavy atom. The van der Waals surface area contributed by atoms with Gasteiger partial charge in [-0.25, -0.2) is 0 Å². The molecule has 3 aromatic rings. The summed E-state index contributed by atoms with van der Waals surface area (Å²) < 4.78 is 10.7. The fraction of sp³-hybridized carbons (Fsp3) is 0.167. The number of rotatable bonds is 8. The smallest absolute Gasteiger partial charge is 0.265 e. The zero-order valence-electron chi connectivity index (χ0n) is 17.2. The van der Waals surface area contributed by atoms with E-state index in [9.17, 15) is 9.59 Å². The molecule has 6 nitrogen and oxygen atoms in total. The van der Waals surface area contributed by atoms with Crippen LogP contribution in [0.5, 0.6) is 11.5 Å². The summed E-state index contributed by atoms with van der Waals surface area (Å²) in [6.45, 7) is 1.65. The number of ether oxygens (including phenoxy) is 2. The molecule has 3 aromatic carbocycles. The van der Waals surface area contributed by atoms with Crippen LogP contribution >= 0.6 is 11.6 Å². The summed E-state index contributed by atoms with van der Waals surface area (Å²) in [5, 5.41) is 6.06. The van der Waals surface area contributed by atoms with E-state index in [4.69, 9.17) is 21.1 Å². The first-order valence-electron chi connectivity index (χ1n) is 9.69. The van der Waals surface area contributed by atoms with Gasteiger partial charge in [0.25, 0.3) is 5.91 Å². The molecule has 0 saturated carbocycles. The molecule has 0 aromatic heterocycles. The number of hydrogen-bond acceptors (Lipinski definition) is 4. The number of halogens is 1. The molecule has 0 aliphatic heterocycles. The SMILES string of the molecule is COc1ccc(CC(=O)Nc2ccc(NC(=O)C(C)Oc3ccccc3Cl)cc2)cc1. The van der Waals surface area contributed by atoms with E-state index in [1.807, 2.05) is 24.3 Å². The third-order valence-electron chi connectivity index (χ3n) is 4.47. The van der Waals surface area contributed by atoms with E-state index >= 15 is 0 Å². The van der Waals surface area contributed by atoms with Crippen LogP contribution in [0.2, 0.25) is 5.02 Å². The number of carbonyl (C=O) groups excluding carboxylic acids is 2. The van der Waals surface area contributed by atoms with Gasteiger partial charge in [-0.15, -0.1) is 0 Å². The largest absolute Gasteiger partial charge is 0.497 e. The van der Waals surface area contributed by atoms with Crippen molar-refractivity contribution in [1.82, 2.24) is 0 Å². The maximum Gasteiger partial charge on any atom is 0.265 e. The van der Waals surface area contributed by atoms with Gasteiger partial charge in [0.1, 0.15) is 11.5 Å². The molecule has 0 radical (unpaired) electrons. The highest BCUT2D eigenvalue weighted by atomic mass is 35.5. The van der Waals surface area contributed by atoms with E-state index in [1.54, 1.807) is 62.6 Å². The molecule has 0 saturated heterocycles. The van der Waals surface area contributed by atoms with Crippen LogP contribution in [0.4, 0.5) is 11.4 Å². The predicted octanol–water partition coefficient (Wildman–Crippen LogP) is 4.94. The van der Waals surface area contributed by atoms with Crippen molar-refractivity contribution in [3.63, 3.8) is 0 Å². The second-order valence-electron chi connectivity index (χ2n) is 6.83. The van der Waals surface area contributed by atoms with E-state index in [0.29, 0.717) is 22.1 Å². The zero-order chi connectivity index (χ0) is 22.2. The Balaban J connectivity index is 1.51. The lowest BCUT2D eigenvalue weighted by atomic mass is 10.1. The number of hydrogen-bond donors (Lipinski definition) is 2. The molecule has 0 bridgehead atoms. The van der Waals surface area contributed by atoms with E-state index < -0.39 is 6.10 Å². The molecule has 31 heavy (non-hydrogen) atoms. The second-order valence-corrected chi connectivity index (χ2v) is 7.24. The van der Waals surface area contributed by atoms with Crippen LogP contribution in [-0.2, 0) is 16.0 Å². The first-order chi connectivity index (χ1) is 14.9.